The molecule has 1 aliphatic heterocycles. The maximum atomic E-state index is 9.44. The molecule has 1 fully saturated rings. The third-order valence-electron chi connectivity index (χ3n) is 4.07. The van der Waals surface area contributed by atoms with Crippen LogP contribution in [-0.2, 0) is 0 Å². The number of benzene rings is 1. The Bertz CT molecular complexity index is 362. The molecule has 2 rings (SSSR count). The highest BCUT2D eigenvalue weighted by atomic mass is 16.3. The third-order valence-corrected chi connectivity index (χ3v) is 4.07. The van der Waals surface area contributed by atoms with E-state index in [1.807, 2.05) is 7.05 Å². The summed E-state index contributed by atoms with van der Waals surface area (Å²) in [5, 5.41) is 12.7. The van der Waals surface area contributed by atoms with E-state index in [1.54, 1.807) is 0 Å². The van der Waals surface area contributed by atoms with Gasteiger partial charge in [0.25, 0.3) is 0 Å². The number of hydrogen-bond acceptors (Lipinski definition) is 3. The molecule has 0 bridgehead atoms. The predicted octanol–water partition coefficient (Wildman–Crippen LogP) is 1.45. The Morgan fingerprint density at radius 1 is 1.39 bits per heavy atom. The fraction of sp³-hybridized carbons (Fsp3) is 0.600. The lowest BCUT2D eigenvalue weighted by atomic mass is 9.98. The maximum Gasteiger partial charge on any atom is 0.0623 e. The summed E-state index contributed by atoms with van der Waals surface area (Å²) in [5.74, 6) is 0.644. The molecule has 0 radical (unpaired) electrons. The largest absolute Gasteiger partial charge is 0.394 e. The molecule has 1 heterocycles. The first kappa shape index (κ1) is 13.5. The summed E-state index contributed by atoms with van der Waals surface area (Å²) in [5.41, 5.74) is 1.25. The highest BCUT2D eigenvalue weighted by Gasteiger charge is 2.30. The first-order valence-corrected chi connectivity index (χ1v) is 6.74. The Hall–Kier alpha value is -0.900. The van der Waals surface area contributed by atoms with Crippen LogP contribution in [0.15, 0.2) is 30.3 Å². The number of hydrogen-bond donors (Lipinski definition) is 2. The smallest absolute Gasteiger partial charge is 0.0623 e. The quantitative estimate of drug-likeness (QED) is 0.828. The molecule has 2 unspecified atom stereocenters. The molecule has 2 N–H and O–H groups in total. The predicted molar refractivity (Wildman–Crippen MR) is 74.8 cm³/mol. The molecule has 0 aromatic heterocycles. The molecule has 1 aromatic carbocycles. The van der Waals surface area contributed by atoms with Crippen molar-refractivity contribution in [2.75, 3.05) is 33.3 Å². The molecular formula is C15H24N2O. The summed E-state index contributed by atoms with van der Waals surface area (Å²) >= 11 is 0. The fourth-order valence-corrected chi connectivity index (χ4v) is 2.68. The van der Waals surface area contributed by atoms with Gasteiger partial charge in [-0.05, 0) is 38.4 Å². The number of nitrogens with zero attached hydrogens (tertiary/aromatic N) is 1. The van der Waals surface area contributed by atoms with E-state index in [-0.39, 0.29) is 12.1 Å². The van der Waals surface area contributed by atoms with Crippen molar-refractivity contribution >= 4 is 0 Å². The number of aliphatic hydroxyl groups is 1. The van der Waals surface area contributed by atoms with Crippen LogP contribution in [0.25, 0.3) is 0 Å². The standard InChI is InChI=1S/C15H24N2O/c1-15(12-18,16-2)11-17-9-8-14(10-17)13-6-4-3-5-7-13/h3-7,14,16,18H,8-12H2,1-2H3. The van der Waals surface area contributed by atoms with Crippen LogP contribution in [0.5, 0.6) is 0 Å². The van der Waals surface area contributed by atoms with Crippen LogP contribution in [0.4, 0.5) is 0 Å². The average molecular weight is 248 g/mol. The first-order chi connectivity index (χ1) is 8.67. The molecule has 0 spiro atoms. The van der Waals surface area contributed by atoms with Gasteiger partial charge in [0.2, 0.25) is 0 Å². The molecule has 100 valence electrons. The second-order valence-corrected chi connectivity index (χ2v) is 5.60. The number of nitrogens with one attached hydrogen (secondary N) is 1. The fourth-order valence-electron chi connectivity index (χ4n) is 2.68. The van der Waals surface area contributed by atoms with E-state index >= 15 is 0 Å². The van der Waals surface area contributed by atoms with Crippen molar-refractivity contribution in [1.82, 2.24) is 10.2 Å². The Labute approximate surface area is 110 Å². The molecule has 18 heavy (non-hydrogen) atoms. The van der Waals surface area contributed by atoms with Crippen molar-refractivity contribution < 1.29 is 5.11 Å². The lowest BCUT2D eigenvalue weighted by molar-refractivity contribution is 0.138. The monoisotopic (exact) mass is 248 g/mol. The van der Waals surface area contributed by atoms with Crippen LogP contribution in [0.1, 0.15) is 24.8 Å². The van der Waals surface area contributed by atoms with E-state index in [4.69, 9.17) is 0 Å². The molecule has 0 amide bonds. The van der Waals surface area contributed by atoms with Gasteiger partial charge in [0.1, 0.15) is 0 Å². The van der Waals surface area contributed by atoms with Crippen molar-refractivity contribution in [2.45, 2.75) is 24.8 Å². The van der Waals surface area contributed by atoms with E-state index in [1.165, 1.54) is 12.0 Å². The summed E-state index contributed by atoms with van der Waals surface area (Å²) < 4.78 is 0. The third kappa shape index (κ3) is 3.10. The minimum Gasteiger partial charge on any atom is -0.394 e. The van der Waals surface area contributed by atoms with Gasteiger partial charge in [-0.1, -0.05) is 30.3 Å². The molecular weight excluding hydrogens is 224 g/mol. The summed E-state index contributed by atoms with van der Waals surface area (Å²) in [7, 11) is 1.92. The van der Waals surface area contributed by atoms with Crippen molar-refractivity contribution in [2.24, 2.45) is 0 Å². The zero-order valence-corrected chi connectivity index (χ0v) is 11.4. The first-order valence-electron chi connectivity index (χ1n) is 6.74. The highest BCUT2D eigenvalue weighted by Crippen LogP contribution is 2.27. The molecule has 1 saturated heterocycles. The van der Waals surface area contributed by atoms with E-state index < -0.39 is 0 Å². The number of rotatable bonds is 5. The Balaban J connectivity index is 1.93. The SMILES string of the molecule is CNC(C)(CO)CN1CCC(c2ccccc2)C1. The van der Waals surface area contributed by atoms with Gasteiger partial charge in [0.15, 0.2) is 0 Å². The van der Waals surface area contributed by atoms with E-state index in [9.17, 15) is 5.11 Å². The second-order valence-electron chi connectivity index (χ2n) is 5.60. The zero-order valence-electron chi connectivity index (χ0n) is 11.4. The number of likely N-dealkylation sites (N-methyl/N-ethyl adjacent to an activating group) is 1. The van der Waals surface area contributed by atoms with Gasteiger partial charge in [-0.15, -0.1) is 0 Å². The van der Waals surface area contributed by atoms with Crippen LogP contribution in [0.3, 0.4) is 0 Å². The Morgan fingerprint density at radius 2 is 2.11 bits per heavy atom. The molecule has 3 nitrogen and oxygen atoms in total. The summed E-state index contributed by atoms with van der Waals surface area (Å²) in [4.78, 5) is 2.45. The summed E-state index contributed by atoms with van der Waals surface area (Å²) in [6, 6.07) is 10.7. The van der Waals surface area contributed by atoms with Gasteiger partial charge in [-0.25, -0.2) is 0 Å². The van der Waals surface area contributed by atoms with Gasteiger partial charge < -0.3 is 15.3 Å². The van der Waals surface area contributed by atoms with Gasteiger partial charge >= 0.3 is 0 Å². The Kier molecular flexibility index (Phi) is 4.38. The maximum absolute atomic E-state index is 9.44. The highest BCUT2D eigenvalue weighted by molar-refractivity contribution is 5.21. The number of aliphatic hydroxyl groups excluding tert-OH is 1. The van der Waals surface area contributed by atoms with E-state index in [2.05, 4.69) is 47.5 Å². The van der Waals surface area contributed by atoms with Gasteiger partial charge in [0, 0.05) is 13.1 Å². The van der Waals surface area contributed by atoms with Crippen LogP contribution >= 0.6 is 0 Å². The lowest BCUT2D eigenvalue weighted by Crippen LogP contribution is -2.52. The number of likely N-dealkylation sites (tertiary alicyclic amines) is 1. The minimum absolute atomic E-state index is 0.177. The molecule has 2 atom stereocenters. The van der Waals surface area contributed by atoms with Crippen molar-refractivity contribution in [3.63, 3.8) is 0 Å². The lowest BCUT2D eigenvalue weighted by Gasteiger charge is -2.31. The van der Waals surface area contributed by atoms with Crippen molar-refractivity contribution in [1.29, 1.82) is 0 Å². The summed E-state index contributed by atoms with van der Waals surface area (Å²) in [6.45, 7) is 5.38. The minimum atomic E-state index is -0.189. The normalized spacial score (nSPS) is 24.1. The molecule has 3 heteroatoms. The average Bonchev–Trinajstić information content (AvgIpc) is 2.88. The van der Waals surface area contributed by atoms with Gasteiger partial charge in [0.05, 0.1) is 12.1 Å². The molecule has 0 saturated carbocycles. The van der Waals surface area contributed by atoms with Gasteiger partial charge in [-0.3, -0.25) is 0 Å². The van der Waals surface area contributed by atoms with Gasteiger partial charge in [-0.2, -0.15) is 0 Å². The van der Waals surface area contributed by atoms with Crippen molar-refractivity contribution in [3.8, 4) is 0 Å². The molecule has 1 aromatic rings. The van der Waals surface area contributed by atoms with Crippen LogP contribution < -0.4 is 5.32 Å². The van der Waals surface area contributed by atoms with Crippen LogP contribution in [0, 0.1) is 0 Å². The molecule has 0 aliphatic carbocycles. The second kappa shape index (κ2) is 5.83. The van der Waals surface area contributed by atoms with E-state index in [0.29, 0.717) is 5.92 Å². The van der Waals surface area contributed by atoms with Crippen LogP contribution in [0.2, 0.25) is 0 Å². The van der Waals surface area contributed by atoms with E-state index in [0.717, 1.165) is 19.6 Å². The summed E-state index contributed by atoms with van der Waals surface area (Å²) in [6.07, 6.45) is 1.22. The van der Waals surface area contributed by atoms with Crippen molar-refractivity contribution in [3.05, 3.63) is 35.9 Å². The molecule has 1 aliphatic rings. The Morgan fingerprint density at radius 3 is 2.72 bits per heavy atom. The van der Waals surface area contributed by atoms with Crippen LogP contribution in [-0.4, -0.2) is 48.8 Å². The topological polar surface area (TPSA) is 35.5 Å². The zero-order chi connectivity index (χ0) is 13.0.